The maximum atomic E-state index is 14.0. The van der Waals surface area contributed by atoms with Gasteiger partial charge in [0.25, 0.3) is 5.91 Å². The third kappa shape index (κ3) is 4.15. The van der Waals surface area contributed by atoms with Gasteiger partial charge in [-0.25, -0.2) is 9.40 Å². The number of amides is 1. The maximum absolute atomic E-state index is 14.0. The molecule has 3 aromatic rings. The summed E-state index contributed by atoms with van der Waals surface area (Å²) in [5.41, 5.74) is 1.48. The van der Waals surface area contributed by atoms with Crippen LogP contribution in [0.3, 0.4) is 0 Å². The van der Waals surface area contributed by atoms with Gasteiger partial charge in [0.1, 0.15) is 11.5 Å². The zero-order chi connectivity index (χ0) is 21.1. The minimum absolute atomic E-state index is 0.0750. The Bertz CT molecular complexity index is 1030. The quantitative estimate of drug-likeness (QED) is 0.602. The van der Waals surface area contributed by atoms with Crippen molar-refractivity contribution in [2.24, 2.45) is 5.10 Å². The van der Waals surface area contributed by atoms with Crippen molar-refractivity contribution in [3.8, 4) is 5.75 Å². The summed E-state index contributed by atoms with van der Waals surface area (Å²) in [7, 11) is 1.43. The third-order valence-electron chi connectivity index (χ3n) is 5.08. The number of hydrogen-bond donors (Lipinski definition) is 1. The van der Waals surface area contributed by atoms with E-state index in [0.29, 0.717) is 12.2 Å². The largest absolute Gasteiger partial charge is 0.494 e. The smallest absolute Gasteiger partial charge is 0.257 e. The molecule has 0 radical (unpaired) electrons. The zero-order valence-electron chi connectivity index (χ0n) is 16.7. The van der Waals surface area contributed by atoms with Crippen LogP contribution in [0.4, 0.5) is 4.39 Å². The fourth-order valence-electron chi connectivity index (χ4n) is 3.43. The maximum Gasteiger partial charge on any atom is 0.257 e. The Morgan fingerprint density at radius 2 is 2.27 bits per heavy atom. The van der Waals surface area contributed by atoms with Crippen molar-refractivity contribution in [1.29, 1.82) is 0 Å². The highest BCUT2D eigenvalue weighted by Gasteiger charge is 2.34. The fourth-order valence-corrected chi connectivity index (χ4v) is 4.24. The molecule has 4 rings (SSSR count). The van der Waals surface area contributed by atoms with Crippen LogP contribution in [0, 0.1) is 5.82 Å². The van der Waals surface area contributed by atoms with Gasteiger partial charge in [-0.15, -0.1) is 11.3 Å². The van der Waals surface area contributed by atoms with E-state index in [1.54, 1.807) is 35.8 Å². The van der Waals surface area contributed by atoms with E-state index in [-0.39, 0.29) is 30.3 Å². The molecule has 1 aliphatic rings. The van der Waals surface area contributed by atoms with E-state index in [1.165, 1.54) is 18.2 Å². The van der Waals surface area contributed by atoms with Gasteiger partial charge in [-0.05, 0) is 48.2 Å². The molecule has 0 saturated carbocycles. The summed E-state index contributed by atoms with van der Waals surface area (Å²) in [5, 5.41) is 11.2. The highest BCUT2D eigenvalue weighted by Crippen LogP contribution is 2.35. The summed E-state index contributed by atoms with van der Waals surface area (Å²) >= 11 is 1.60. The van der Waals surface area contributed by atoms with Crippen molar-refractivity contribution in [2.45, 2.75) is 25.4 Å². The van der Waals surface area contributed by atoms with Crippen LogP contribution in [-0.4, -0.2) is 30.3 Å². The number of hydrazone groups is 1. The molecular formula is C22H22FN3O3S. The van der Waals surface area contributed by atoms with Crippen LogP contribution >= 0.6 is 11.3 Å². The lowest BCUT2D eigenvalue weighted by Crippen LogP contribution is -2.36. The molecule has 6 nitrogen and oxygen atoms in total. The van der Waals surface area contributed by atoms with E-state index in [0.717, 1.165) is 16.2 Å². The number of nitrogens with one attached hydrogen (secondary N) is 1. The third-order valence-corrected chi connectivity index (χ3v) is 6.05. The molecule has 156 valence electrons. The second-order valence-electron chi connectivity index (χ2n) is 6.99. The number of nitrogens with zero attached hydrogens (tertiary/aromatic N) is 2. The second kappa shape index (κ2) is 8.81. The van der Waals surface area contributed by atoms with Gasteiger partial charge in [0.05, 0.1) is 26.0 Å². The predicted molar refractivity (Wildman–Crippen MR) is 113 cm³/mol. The number of ether oxygens (including phenoxy) is 1. The van der Waals surface area contributed by atoms with E-state index in [1.807, 2.05) is 30.5 Å². The summed E-state index contributed by atoms with van der Waals surface area (Å²) in [6.45, 7) is 1.96. The number of carbonyl (C=O) groups excluding carboxylic acids is 1. The summed E-state index contributed by atoms with van der Waals surface area (Å²) in [6, 6.07) is 12.0. The number of benzene rings is 1. The van der Waals surface area contributed by atoms with E-state index in [9.17, 15) is 9.18 Å². The number of rotatable bonds is 7. The van der Waals surface area contributed by atoms with Gasteiger partial charge in [0.2, 0.25) is 0 Å². The SMILES string of the molecule is COc1ccc(C(C)NCC(=O)N2N=C(c3ccco3)CC2c2cccs2)cc1F. The molecule has 30 heavy (non-hydrogen) atoms. The Balaban J connectivity index is 1.47. The summed E-state index contributed by atoms with van der Waals surface area (Å²) < 4.78 is 24.4. The van der Waals surface area contributed by atoms with Crippen LogP contribution in [0.25, 0.3) is 0 Å². The average Bonchev–Trinajstić information content (AvgIpc) is 3.51. The first-order valence-corrected chi connectivity index (χ1v) is 10.5. The molecule has 1 aliphatic heterocycles. The van der Waals surface area contributed by atoms with Crippen LogP contribution in [0.1, 0.15) is 41.6 Å². The molecule has 1 aromatic carbocycles. The van der Waals surface area contributed by atoms with Gasteiger partial charge in [-0.2, -0.15) is 5.10 Å². The van der Waals surface area contributed by atoms with Crippen molar-refractivity contribution in [1.82, 2.24) is 10.3 Å². The molecular weight excluding hydrogens is 405 g/mol. The summed E-state index contributed by atoms with van der Waals surface area (Å²) in [6.07, 6.45) is 2.19. The fraction of sp³-hybridized carbons (Fsp3) is 0.273. The molecule has 3 heterocycles. The zero-order valence-corrected chi connectivity index (χ0v) is 17.5. The highest BCUT2D eigenvalue weighted by atomic mass is 32.1. The average molecular weight is 428 g/mol. The molecule has 0 saturated heterocycles. The van der Waals surface area contributed by atoms with Crippen molar-refractivity contribution < 1.29 is 18.3 Å². The van der Waals surface area contributed by atoms with Crippen LogP contribution in [0.2, 0.25) is 0 Å². The number of halogens is 1. The standard InChI is InChI=1S/C22H22FN3O3S/c1-14(15-7-8-19(28-2)16(23)11-15)24-13-22(27)26-18(21-6-4-10-30-21)12-17(25-26)20-5-3-9-29-20/h3-11,14,18,24H,12-13H2,1-2H3. The molecule has 2 atom stereocenters. The first-order valence-electron chi connectivity index (χ1n) is 9.60. The lowest BCUT2D eigenvalue weighted by molar-refractivity contribution is -0.132. The number of carbonyl (C=O) groups is 1. The molecule has 2 unspecified atom stereocenters. The van der Waals surface area contributed by atoms with E-state index in [4.69, 9.17) is 9.15 Å². The Morgan fingerprint density at radius 3 is 2.93 bits per heavy atom. The summed E-state index contributed by atoms with van der Waals surface area (Å²) in [4.78, 5) is 14.1. The van der Waals surface area contributed by atoms with E-state index >= 15 is 0 Å². The summed E-state index contributed by atoms with van der Waals surface area (Å²) in [5.74, 6) is 0.273. The van der Waals surface area contributed by atoms with Crippen LogP contribution in [0.15, 0.2) is 63.6 Å². The van der Waals surface area contributed by atoms with Gasteiger partial charge in [0, 0.05) is 17.3 Å². The molecule has 2 aromatic heterocycles. The van der Waals surface area contributed by atoms with E-state index < -0.39 is 5.82 Å². The molecule has 1 N–H and O–H groups in total. The van der Waals surface area contributed by atoms with Gasteiger partial charge >= 0.3 is 0 Å². The topological polar surface area (TPSA) is 67.1 Å². The molecule has 0 bridgehead atoms. The van der Waals surface area contributed by atoms with Crippen LogP contribution < -0.4 is 10.1 Å². The van der Waals surface area contributed by atoms with Gasteiger partial charge in [-0.3, -0.25) is 4.79 Å². The monoisotopic (exact) mass is 427 g/mol. The van der Waals surface area contributed by atoms with Gasteiger partial charge in [0.15, 0.2) is 11.6 Å². The normalized spacial score (nSPS) is 17.1. The minimum Gasteiger partial charge on any atom is -0.494 e. The number of methoxy groups -OCH3 is 1. The Hall–Kier alpha value is -2.97. The number of hydrogen-bond acceptors (Lipinski definition) is 6. The molecule has 0 fully saturated rings. The van der Waals surface area contributed by atoms with Crippen molar-refractivity contribution in [2.75, 3.05) is 13.7 Å². The lowest BCUT2D eigenvalue weighted by Gasteiger charge is -2.22. The van der Waals surface area contributed by atoms with E-state index in [2.05, 4.69) is 10.4 Å². The van der Waals surface area contributed by atoms with Gasteiger partial charge < -0.3 is 14.5 Å². The molecule has 0 spiro atoms. The Labute approximate surface area is 178 Å². The second-order valence-corrected chi connectivity index (χ2v) is 7.97. The first-order chi connectivity index (χ1) is 14.6. The lowest BCUT2D eigenvalue weighted by atomic mass is 10.1. The number of furan rings is 1. The van der Waals surface area contributed by atoms with Crippen molar-refractivity contribution >= 4 is 23.0 Å². The minimum atomic E-state index is -0.431. The molecule has 8 heteroatoms. The van der Waals surface area contributed by atoms with Crippen LogP contribution in [0.5, 0.6) is 5.75 Å². The van der Waals surface area contributed by atoms with Crippen LogP contribution in [-0.2, 0) is 4.79 Å². The number of thiophene rings is 1. The van der Waals surface area contributed by atoms with Crippen molar-refractivity contribution in [3.63, 3.8) is 0 Å². The highest BCUT2D eigenvalue weighted by molar-refractivity contribution is 7.10. The molecule has 0 aliphatic carbocycles. The van der Waals surface area contributed by atoms with Gasteiger partial charge in [-0.1, -0.05) is 12.1 Å². The Morgan fingerprint density at radius 1 is 1.40 bits per heavy atom. The predicted octanol–water partition coefficient (Wildman–Crippen LogP) is 4.52. The Kier molecular flexibility index (Phi) is 5.96. The molecule has 1 amide bonds. The van der Waals surface area contributed by atoms with Crippen molar-refractivity contribution in [3.05, 3.63) is 76.1 Å². The first kappa shape index (κ1) is 20.3.